The van der Waals surface area contributed by atoms with Crippen molar-refractivity contribution < 1.29 is 14.3 Å². The Morgan fingerprint density at radius 3 is 2.31 bits per heavy atom. The van der Waals surface area contributed by atoms with Crippen molar-refractivity contribution in [3.05, 3.63) is 64.7 Å². The summed E-state index contributed by atoms with van der Waals surface area (Å²) in [6.45, 7) is 10.5. The highest BCUT2D eigenvalue weighted by atomic mass is 16.5. The number of aryl methyl sites for hydroxylation is 2. The molecule has 0 bridgehead atoms. The molecule has 4 nitrogen and oxygen atoms in total. The summed E-state index contributed by atoms with van der Waals surface area (Å²) >= 11 is 0. The van der Waals surface area contributed by atoms with Crippen molar-refractivity contribution >= 4 is 11.9 Å². The van der Waals surface area contributed by atoms with E-state index in [4.69, 9.17) is 4.74 Å². The van der Waals surface area contributed by atoms with Crippen LogP contribution >= 0.6 is 0 Å². The lowest BCUT2D eigenvalue weighted by atomic mass is 9.86. The van der Waals surface area contributed by atoms with E-state index in [0.717, 1.165) is 11.1 Å². The fourth-order valence-corrected chi connectivity index (χ4v) is 2.61. The largest absolute Gasteiger partial charge is 0.426 e. The second-order valence-electron chi connectivity index (χ2n) is 7.53. The zero-order chi connectivity index (χ0) is 19.3. The Hall–Kier alpha value is -2.62. The molecular formula is C22H27NO3. The second kappa shape index (κ2) is 8.17. The summed E-state index contributed by atoms with van der Waals surface area (Å²) < 4.78 is 5.43. The van der Waals surface area contributed by atoms with E-state index in [2.05, 4.69) is 26.1 Å². The maximum absolute atomic E-state index is 12.1. The van der Waals surface area contributed by atoms with E-state index in [-0.39, 0.29) is 30.3 Å². The molecule has 0 heterocycles. The van der Waals surface area contributed by atoms with Crippen molar-refractivity contribution in [3.63, 3.8) is 0 Å². The van der Waals surface area contributed by atoms with Crippen molar-refractivity contribution in [2.24, 2.45) is 0 Å². The molecule has 0 saturated heterocycles. The Morgan fingerprint density at radius 2 is 1.69 bits per heavy atom. The number of rotatable bonds is 5. The highest BCUT2D eigenvalue weighted by Gasteiger charge is 2.16. The summed E-state index contributed by atoms with van der Waals surface area (Å²) in [6, 6.07) is 13.2. The quantitative estimate of drug-likeness (QED) is 0.643. The van der Waals surface area contributed by atoms with Crippen LogP contribution in [0.2, 0.25) is 0 Å². The first kappa shape index (κ1) is 19.7. The zero-order valence-corrected chi connectivity index (χ0v) is 16.2. The fraction of sp³-hybridized carbons (Fsp3) is 0.364. The number of carbonyl (C=O) groups excluding carboxylic acids is 2. The third-order valence-electron chi connectivity index (χ3n) is 4.27. The average molecular weight is 353 g/mol. The van der Waals surface area contributed by atoms with Crippen LogP contribution in [0.4, 0.5) is 0 Å². The molecule has 2 aromatic rings. The summed E-state index contributed by atoms with van der Waals surface area (Å²) in [6.07, 6.45) is 0.123. The van der Waals surface area contributed by atoms with Gasteiger partial charge in [-0.15, -0.1) is 0 Å². The highest BCUT2D eigenvalue weighted by Crippen LogP contribution is 2.27. The topological polar surface area (TPSA) is 55.4 Å². The molecule has 138 valence electrons. The lowest BCUT2D eigenvalue weighted by molar-refractivity contribution is -0.134. The molecule has 0 saturated carbocycles. The summed E-state index contributed by atoms with van der Waals surface area (Å²) in [5, 5.41) is 2.76. The molecule has 0 spiro atoms. The van der Waals surface area contributed by atoms with Gasteiger partial charge in [-0.25, -0.2) is 0 Å². The first-order chi connectivity index (χ1) is 12.2. The minimum atomic E-state index is -0.360. The monoisotopic (exact) mass is 353 g/mol. The van der Waals surface area contributed by atoms with Gasteiger partial charge in [0.15, 0.2) is 0 Å². The summed E-state index contributed by atoms with van der Waals surface area (Å²) in [5.74, 6) is 0.0246. The van der Waals surface area contributed by atoms with E-state index in [1.54, 1.807) is 6.07 Å². The van der Waals surface area contributed by atoms with Crippen LogP contribution in [0.5, 0.6) is 5.75 Å². The molecule has 2 rings (SSSR count). The molecule has 4 heteroatoms. The molecule has 0 aliphatic carbocycles. The molecule has 0 aromatic heterocycles. The van der Waals surface area contributed by atoms with Gasteiger partial charge >= 0.3 is 5.97 Å². The van der Waals surface area contributed by atoms with Crippen molar-refractivity contribution in [1.82, 2.24) is 5.32 Å². The molecular weight excluding hydrogens is 326 g/mol. The van der Waals surface area contributed by atoms with Crippen LogP contribution in [0.3, 0.4) is 0 Å². The van der Waals surface area contributed by atoms with Gasteiger partial charge in [-0.3, -0.25) is 9.59 Å². The van der Waals surface area contributed by atoms with E-state index in [9.17, 15) is 9.59 Å². The molecule has 0 radical (unpaired) electrons. The summed E-state index contributed by atoms with van der Waals surface area (Å²) in [5.41, 5.74) is 3.69. The van der Waals surface area contributed by atoms with Gasteiger partial charge in [-0.05, 0) is 48.1 Å². The predicted molar refractivity (Wildman–Crippen MR) is 104 cm³/mol. The Morgan fingerprint density at radius 1 is 1.00 bits per heavy atom. The first-order valence-electron chi connectivity index (χ1n) is 8.84. The van der Waals surface area contributed by atoms with E-state index in [0.29, 0.717) is 11.3 Å². The van der Waals surface area contributed by atoms with Gasteiger partial charge in [0.25, 0.3) is 5.91 Å². The number of nitrogens with one attached hydrogen (secondary N) is 1. The van der Waals surface area contributed by atoms with Gasteiger partial charge in [0.1, 0.15) is 5.75 Å². The van der Waals surface area contributed by atoms with E-state index < -0.39 is 0 Å². The summed E-state index contributed by atoms with van der Waals surface area (Å²) in [7, 11) is 0. The van der Waals surface area contributed by atoms with Crippen LogP contribution in [0.15, 0.2) is 42.5 Å². The van der Waals surface area contributed by atoms with E-state index >= 15 is 0 Å². The number of carbonyl (C=O) groups is 2. The van der Waals surface area contributed by atoms with Crippen molar-refractivity contribution in [1.29, 1.82) is 0 Å². The Balaban J connectivity index is 1.88. The van der Waals surface area contributed by atoms with Crippen LogP contribution in [0, 0.1) is 13.8 Å². The number of esters is 1. The highest BCUT2D eigenvalue weighted by molar-refractivity contribution is 5.95. The Bertz CT molecular complexity index is 803. The number of hydrogen-bond acceptors (Lipinski definition) is 3. The average Bonchev–Trinajstić information content (AvgIpc) is 2.56. The number of amides is 1. The van der Waals surface area contributed by atoms with Gasteiger partial charge in [-0.2, -0.15) is 0 Å². The minimum absolute atomic E-state index is 0.0488. The van der Waals surface area contributed by atoms with Crippen LogP contribution in [-0.4, -0.2) is 18.4 Å². The first-order valence-corrected chi connectivity index (χ1v) is 8.84. The number of ether oxygens (including phenoxy) is 1. The van der Waals surface area contributed by atoms with Gasteiger partial charge in [0.2, 0.25) is 0 Å². The second-order valence-corrected chi connectivity index (χ2v) is 7.53. The predicted octanol–water partition coefficient (Wildman–Crippen LogP) is 4.33. The lowest BCUT2D eigenvalue weighted by Crippen LogP contribution is -2.27. The number of benzene rings is 2. The van der Waals surface area contributed by atoms with E-state index in [1.807, 2.05) is 50.2 Å². The molecule has 2 aromatic carbocycles. The Labute approximate surface area is 155 Å². The molecule has 1 amide bonds. The van der Waals surface area contributed by atoms with Gasteiger partial charge in [0.05, 0.1) is 6.42 Å². The summed E-state index contributed by atoms with van der Waals surface area (Å²) in [4.78, 5) is 24.2. The number of hydrogen-bond donors (Lipinski definition) is 1. The molecule has 1 N–H and O–H groups in total. The minimum Gasteiger partial charge on any atom is -0.426 e. The maximum atomic E-state index is 12.1. The Kier molecular flexibility index (Phi) is 6.19. The van der Waals surface area contributed by atoms with Crippen molar-refractivity contribution in [3.8, 4) is 5.75 Å². The van der Waals surface area contributed by atoms with Gasteiger partial charge in [-0.1, -0.05) is 51.1 Å². The van der Waals surface area contributed by atoms with Crippen LogP contribution in [-0.2, 0) is 10.2 Å². The van der Waals surface area contributed by atoms with E-state index in [1.165, 1.54) is 5.56 Å². The van der Waals surface area contributed by atoms with Crippen molar-refractivity contribution in [2.45, 2.75) is 46.5 Å². The fourth-order valence-electron chi connectivity index (χ4n) is 2.61. The van der Waals surface area contributed by atoms with Crippen LogP contribution in [0.1, 0.15) is 54.2 Å². The van der Waals surface area contributed by atoms with Crippen LogP contribution in [0.25, 0.3) is 0 Å². The maximum Gasteiger partial charge on any atom is 0.312 e. The van der Waals surface area contributed by atoms with Crippen molar-refractivity contribution in [2.75, 3.05) is 6.54 Å². The standard InChI is InChI=1S/C22H27NO3/c1-15-8-6-7-9-18(15)21(25)23-13-12-20(24)26-19-11-10-17(14-16(19)2)22(3,4)5/h6-11,14H,12-13H2,1-5H3,(H,23,25). The molecule has 0 aliphatic heterocycles. The van der Waals surface area contributed by atoms with Gasteiger partial charge in [0, 0.05) is 12.1 Å². The third-order valence-corrected chi connectivity index (χ3v) is 4.27. The molecule has 0 atom stereocenters. The zero-order valence-electron chi connectivity index (χ0n) is 16.2. The molecule has 0 unspecified atom stereocenters. The molecule has 0 aliphatic rings. The normalized spacial score (nSPS) is 11.1. The lowest BCUT2D eigenvalue weighted by Gasteiger charge is -2.20. The third kappa shape index (κ3) is 5.19. The molecule has 0 fully saturated rings. The smallest absolute Gasteiger partial charge is 0.312 e. The SMILES string of the molecule is Cc1cc(C(C)(C)C)ccc1OC(=O)CCNC(=O)c1ccccc1C. The van der Waals surface area contributed by atoms with Gasteiger partial charge < -0.3 is 10.1 Å². The molecule has 26 heavy (non-hydrogen) atoms. The van der Waals surface area contributed by atoms with Crippen LogP contribution < -0.4 is 10.1 Å².